The summed E-state index contributed by atoms with van der Waals surface area (Å²) >= 11 is 0. The Kier molecular flexibility index (Phi) is 5.65. The number of aromatic nitrogens is 3. The Bertz CT molecular complexity index is 1720. The van der Waals surface area contributed by atoms with Crippen molar-refractivity contribution in [3.8, 4) is 11.8 Å². The lowest BCUT2D eigenvalue weighted by Gasteiger charge is -2.11. The summed E-state index contributed by atoms with van der Waals surface area (Å²) < 4.78 is 3.30. The molecule has 0 aliphatic carbocycles. The molecule has 0 aliphatic rings. The van der Waals surface area contributed by atoms with Crippen LogP contribution in [-0.2, 0) is 6.54 Å². The van der Waals surface area contributed by atoms with Crippen LogP contribution >= 0.6 is 0 Å². The topological polar surface area (TPSA) is 107 Å². The van der Waals surface area contributed by atoms with Gasteiger partial charge in [0, 0.05) is 35.3 Å². The van der Waals surface area contributed by atoms with E-state index in [1.165, 1.54) is 10.6 Å². The molecule has 0 aliphatic heterocycles. The zero-order valence-corrected chi connectivity index (χ0v) is 18.5. The Morgan fingerprint density at radius 2 is 1.69 bits per heavy atom. The van der Waals surface area contributed by atoms with Gasteiger partial charge in [-0.05, 0) is 36.4 Å². The SMILES string of the molecule is N#CCCn1cc(C=Cc2nc3ccccc3c(=O)n2-c2ccccc2[N+](=O)[O-])c2ccccc21. The molecule has 8 heteroatoms. The molecule has 170 valence electrons. The van der Waals surface area contributed by atoms with Crippen LogP contribution in [0.15, 0.2) is 83.8 Å². The minimum absolute atomic E-state index is 0.150. The summed E-state index contributed by atoms with van der Waals surface area (Å²) in [7, 11) is 0. The van der Waals surface area contributed by atoms with Crippen molar-refractivity contribution >= 4 is 39.6 Å². The Morgan fingerprint density at radius 3 is 2.49 bits per heavy atom. The van der Waals surface area contributed by atoms with Crippen molar-refractivity contribution < 1.29 is 4.92 Å². The van der Waals surface area contributed by atoms with Crippen LogP contribution in [0, 0.1) is 21.4 Å². The summed E-state index contributed by atoms with van der Waals surface area (Å²) in [5.41, 5.74) is 1.95. The van der Waals surface area contributed by atoms with Gasteiger partial charge in [0.05, 0.1) is 28.3 Å². The molecule has 35 heavy (non-hydrogen) atoms. The van der Waals surface area contributed by atoms with Crippen LogP contribution < -0.4 is 5.56 Å². The Labute approximate surface area is 199 Å². The van der Waals surface area contributed by atoms with Crippen LogP contribution in [0.5, 0.6) is 0 Å². The van der Waals surface area contributed by atoms with Gasteiger partial charge in [-0.15, -0.1) is 0 Å². The van der Waals surface area contributed by atoms with Gasteiger partial charge in [-0.25, -0.2) is 4.98 Å². The van der Waals surface area contributed by atoms with E-state index in [2.05, 4.69) is 11.1 Å². The number of para-hydroxylation sites is 4. The second kappa shape index (κ2) is 9.08. The number of hydrogen-bond acceptors (Lipinski definition) is 5. The minimum atomic E-state index is -0.507. The number of rotatable bonds is 6. The van der Waals surface area contributed by atoms with Gasteiger partial charge in [0.2, 0.25) is 0 Å². The summed E-state index contributed by atoms with van der Waals surface area (Å²) in [6, 6.07) is 23.1. The third-order valence-electron chi connectivity index (χ3n) is 5.82. The van der Waals surface area contributed by atoms with Gasteiger partial charge in [0.25, 0.3) is 11.2 Å². The number of nitro groups is 1. The van der Waals surface area contributed by atoms with E-state index in [1.54, 1.807) is 48.5 Å². The third-order valence-corrected chi connectivity index (χ3v) is 5.82. The highest BCUT2D eigenvalue weighted by Gasteiger charge is 2.19. The Balaban J connectivity index is 1.73. The molecule has 0 atom stereocenters. The maximum Gasteiger partial charge on any atom is 0.293 e. The molecule has 5 rings (SSSR count). The zero-order chi connectivity index (χ0) is 24.4. The number of aryl methyl sites for hydroxylation is 1. The molecule has 3 aromatic carbocycles. The lowest BCUT2D eigenvalue weighted by Crippen LogP contribution is -2.23. The molecule has 8 nitrogen and oxygen atoms in total. The average Bonchev–Trinajstić information content (AvgIpc) is 3.24. The average molecular weight is 461 g/mol. The van der Waals surface area contributed by atoms with E-state index >= 15 is 0 Å². The molecule has 0 amide bonds. The summed E-state index contributed by atoms with van der Waals surface area (Å²) in [4.78, 5) is 29.4. The summed E-state index contributed by atoms with van der Waals surface area (Å²) in [6.07, 6.45) is 5.87. The van der Waals surface area contributed by atoms with Crippen LogP contribution in [0.4, 0.5) is 5.69 Å². The normalized spacial score (nSPS) is 11.3. The van der Waals surface area contributed by atoms with Gasteiger partial charge in [-0.3, -0.25) is 19.5 Å². The maximum atomic E-state index is 13.5. The number of benzene rings is 3. The molecule has 5 aromatic rings. The van der Waals surface area contributed by atoms with Gasteiger partial charge in [0.1, 0.15) is 11.5 Å². The van der Waals surface area contributed by atoms with Crippen molar-refractivity contribution in [1.82, 2.24) is 14.1 Å². The van der Waals surface area contributed by atoms with Crippen molar-refractivity contribution in [1.29, 1.82) is 5.26 Å². The quantitative estimate of drug-likeness (QED) is 0.251. The molecule has 0 spiro atoms. The Hall–Kier alpha value is -5.03. The molecule has 0 saturated carbocycles. The van der Waals surface area contributed by atoms with Gasteiger partial charge in [0.15, 0.2) is 0 Å². The first-order chi connectivity index (χ1) is 17.1. The fraction of sp³-hybridized carbons (Fsp3) is 0.0741. The van der Waals surface area contributed by atoms with E-state index in [9.17, 15) is 14.9 Å². The van der Waals surface area contributed by atoms with Crippen LogP contribution in [0.3, 0.4) is 0 Å². The van der Waals surface area contributed by atoms with E-state index in [-0.39, 0.29) is 22.8 Å². The predicted molar refractivity (Wildman–Crippen MR) is 135 cm³/mol. The third kappa shape index (κ3) is 3.96. The van der Waals surface area contributed by atoms with Crippen LogP contribution in [0.2, 0.25) is 0 Å². The Morgan fingerprint density at radius 1 is 0.971 bits per heavy atom. The summed E-state index contributed by atoms with van der Waals surface area (Å²) in [5.74, 6) is 0.275. The molecule has 0 unspecified atom stereocenters. The molecule has 0 bridgehead atoms. The first kappa shape index (κ1) is 21.8. The first-order valence-corrected chi connectivity index (χ1v) is 11.0. The monoisotopic (exact) mass is 461 g/mol. The van der Waals surface area contributed by atoms with Gasteiger partial charge in [-0.1, -0.05) is 42.5 Å². The standard InChI is InChI=1S/C27H19N5O3/c28-16-7-17-30-18-19(20-8-2-4-11-23(20)30)14-15-26-29-22-10-3-1-9-21(22)27(33)31(26)24-12-5-6-13-25(24)32(34)35/h1-6,8-15,18H,7,17H2. The lowest BCUT2D eigenvalue weighted by atomic mass is 10.1. The van der Waals surface area contributed by atoms with Crippen molar-refractivity contribution in [2.24, 2.45) is 0 Å². The summed E-state index contributed by atoms with van der Waals surface area (Å²) in [6.45, 7) is 0.556. The van der Waals surface area contributed by atoms with Crippen molar-refractivity contribution in [2.45, 2.75) is 13.0 Å². The molecule has 0 N–H and O–H groups in total. The highest BCUT2D eigenvalue weighted by Crippen LogP contribution is 2.26. The molecule has 0 fully saturated rings. The molecular weight excluding hydrogens is 442 g/mol. The second-order valence-corrected chi connectivity index (χ2v) is 7.91. The largest absolute Gasteiger partial charge is 0.346 e. The van der Waals surface area contributed by atoms with Gasteiger partial charge >= 0.3 is 0 Å². The molecule has 0 saturated heterocycles. The van der Waals surface area contributed by atoms with E-state index in [0.29, 0.717) is 23.9 Å². The molecule has 2 heterocycles. The second-order valence-electron chi connectivity index (χ2n) is 7.91. The highest BCUT2D eigenvalue weighted by molar-refractivity contribution is 5.92. The van der Waals surface area contributed by atoms with E-state index in [4.69, 9.17) is 5.26 Å². The number of hydrogen-bond donors (Lipinski definition) is 0. The van der Waals surface area contributed by atoms with Crippen LogP contribution in [-0.4, -0.2) is 19.0 Å². The minimum Gasteiger partial charge on any atom is -0.346 e. The zero-order valence-electron chi connectivity index (χ0n) is 18.5. The van der Waals surface area contributed by atoms with Crippen molar-refractivity contribution in [3.63, 3.8) is 0 Å². The number of nitro benzene ring substituents is 1. The fourth-order valence-electron chi connectivity index (χ4n) is 4.23. The maximum absolute atomic E-state index is 13.5. The number of nitrogens with zero attached hydrogens (tertiary/aromatic N) is 5. The highest BCUT2D eigenvalue weighted by atomic mass is 16.6. The molecular formula is C27H19N5O3. The fourth-order valence-corrected chi connectivity index (χ4v) is 4.23. The lowest BCUT2D eigenvalue weighted by molar-refractivity contribution is -0.384. The first-order valence-electron chi connectivity index (χ1n) is 11.0. The van der Waals surface area contributed by atoms with Crippen LogP contribution in [0.25, 0.3) is 39.6 Å². The number of fused-ring (bicyclic) bond motifs is 2. The van der Waals surface area contributed by atoms with Crippen molar-refractivity contribution in [2.75, 3.05) is 0 Å². The van der Waals surface area contributed by atoms with Crippen molar-refractivity contribution in [3.05, 3.63) is 111 Å². The van der Waals surface area contributed by atoms with Gasteiger partial charge in [-0.2, -0.15) is 5.26 Å². The van der Waals surface area contributed by atoms with E-state index < -0.39 is 4.92 Å². The van der Waals surface area contributed by atoms with Crippen LogP contribution in [0.1, 0.15) is 17.8 Å². The predicted octanol–water partition coefficient (Wildman–Crippen LogP) is 5.33. The van der Waals surface area contributed by atoms with Gasteiger partial charge < -0.3 is 4.57 Å². The molecule has 0 radical (unpaired) electrons. The van der Waals surface area contributed by atoms with E-state index in [1.807, 2.05) is 41.1 Å². The smallest absolute Gasteiger partial charge is 0.293 e. The summed E-state index contributed by atoms with van der Waals surface area (Å²) in [5, 5.41) is 22.1. The molecule has 2 aromatic heterocycles. The van der Waals surface area contributed by atoms with E-state index in [0.717, 1.165) is 16.5 Å². The number of nitriles is 1.